The van der Waals surface area contributed by atoms with Gasteiger partial charge < -0.3 is 19.5 Å². The lowest BCUT2D eigenvalue weighted by Crippen LogP contribution is -2.25. The van der Waals surface area contributed by atoms with E-state index in [0.717, 1.165) is 56.0 Å². The van der Waals surface area contributed by atoms with E-state index in [4.69, 9.17) is 9.47 Å². The lowest BCUT2D eigenvalue weighted by Gasteiger charge is -2.21. The SMILES string of the molecule is CCCOc1ccc(C(O)CCN(CC)CC)cc1OCCC. The van der Waals surface area contributed by atoms with Crippen molar-refractivity contribution in [2.24, 2.45) is 0 Å². The third-order valence-electron chi connectivity index (χ3n) is 3.89. The summed E-state index contributed by atoms with van der Waals surface area (Å²) in [6.45, 7) is 12.7. The van der Waals surface area contributed by atoms with E-state index in [1.165, 1.54) is 0 Å². The molecule has 132 valence electrons. The van der Waals surface area contributed by atoms with Gasteiger partial charge in [0, 0.05) is 6.54 Å². The number of benzene rings is 1. The van der Waals surface area contributed by atoms with E-state index >= 15 is 0 Å². The Balaban J connectivity index is 2.77. The minimum atomic E-state index is -0.472. The third kappa shape index (κ3) is 6.80. The number of ether oxygens (including phenoxy) is 2. The molecule has 0 fully saturated rings. The molecule has 4 nitrogen and oxygen atoms in total. The Hall–Kier alpha value is -1.26. The average molecular weight is 323 g/mol. The zero-order chi connectivity index (χ0) is 17.1. The Kier molecular flexibility index (Phi) is 9.72. The predicted molar refractivity (Wildman–Crippen MR) is 95.4 cm³/mol. The van der Waals surface area contributed by atoms with Crippen molar-refractivity contribution in [1.29, 1.82) is 0 Å². The molecule has 0 bridgehead atoms. The Morgan fingerprint density at radius 1 is 0.957 bits per heavy atom. The van der Waals surface area contributed by atoms with Gasteiger partial charge in [0.25, 0.3) is 0 Å². The molecule has 1 rings (SSSR count). The second-order valence-corrected chi connectivity index (χ2v) is 5.73. The van der Waals surface area contributed by atoms with E-state index in [0.29, 0.717) is 13.2 Å². The number of aliphatic hydroxyl groups is 1. The fraction of sp³-hybridized carbons (Fsp3) is 0.684. The normalized spacial score (nSPS) is 12.4. The van der Waals surface area contributed by atoms with Crippen LogP contribution in [0.2, 0.25) is 0 Å². The molecule has 0 aliphatic carbocycles. The Morgan fingerprint density at radius 2 is 1.57 bits per heavy atom. The van der Waals surface area contributed by atoms with E-state index in [9.17, 15) is 5.11 Å². The Labute approximate surface area is 141 Å². The molecule has 0 heterocycles. The van der Waals surface area contributed by atoms with E-state index in [2.05, 4.69) is 32.6 Å². The summed E-state index contributed by atoms with van der Waals surface area (Å²) in [5.41, 5.74) is 0.895. The molecule has 23 heavy (non-hydrogen) atoms. The number of hydrogen-bond donors (Lipinski definition) is 1. The monoisotopic (exact) mass is 323 g/mol. The van der Waals surface area contributed by atoms with Crippen LogP contribution in [0.25, 0.3) is 0 Å². The van der Waals surface area contributed by atoms with Gasteiger partial charge in [-0.05, 0) is 50.0 Å². The van der Waals surface area contributed by atoms with E-state index in [1.807, 2.05) is 18.2 Å². The van der Waals surface area contributed by atoms with Gasteiger partial charge in [0.05, 0.1) is 19.3 Å². The molecule has 0 aliphatic rings. The third-order valence-corrected chi connectivity index (χ3v) is 3.89. The first-order chi connectivity index (χ1) is 11.2. The zero-order valence-corrected chi connectivity index (χ0v) is 15.2. The molecule has 1 N–H and O–H groups in total. The molecular formula is C19H33NO3. The predicted octanol–water partition coefficient (Wildman–Crippen LogP) is 4.03. The first-order valence-corrected chi connectivity index (χ1v) is 8.96. The van der Waals surface area contributed by atoms with Crippen molar-refractivity contribution < 1.29 is 14.6 Å². The smallest absolute Gasteiger partial charge is 0.161 e. The number of rotatable bonds is 12. The van der Waals surface area contributed by atoms with Crippen LogP contribution in [0.4, 0.5) is 0 Å². The van der Waals surface area contributed by atoms with Crippen LogP contribution in [0.5, 0.6) is 11.5 Å². The minimum Gasteiger partial charge on any atom is -0.490 e. The maximum Gasteiger partial charge on any atom is 0.161 e. The van der Waals surface area contributed by atoms with Crippen LogP contribution in [-0.2, 0) is 0 Å². The summed E-state index contributed by atoms with van der Waals surface area (Å²) >= 11 is 0. The lowest BCUT2D eigenvalue weighted by molar-refractivity contribution is 0.144. The van der Waals surface area contributed by atoms with E-state index in [-0.39, 0.29) is 0 Å². The molecule has 1 atom stereocenters. The van der Waals surface area contributed by atoms with Crippen molar-refractivity contribution in [2.75, 3.05) is 32.8 Å². The lowest BCUT2D eigenvalue weighted by atomic mass is 10.1. The van der Waals surface area contributed by atoms with Crippen LogP contribution in [0.15, 0.2) is 18.2 Å². The second kappa shape index (κ2) is 11.3. The molecule has 1 aromatic carbocycles. The van der Waals surface area contributed by atoms with E-state index < -0.39 is 6.10 Å². The summed E-state index contributed by atoms with van der Waals surface area (Å²) in [7, 11) is 0. The quantitative estimate of drug-likeness (QED) is 0.630. The molecule has 0 amide bonds. The molecule has 0 saturated heterocycles. The van der Waals surface area contributed by atoms with Crippen LogP contribution in [-0.4, -0.2) is 42.9 Å². The highest BCUT2D eigenvalue weighted by molar-refractivity contribution is 5.43. The maximum atomic E-state index is 10.5. The summed E-state index contributed by atoms with van der Waals surface area (Å²) < 4.78 is 11.5. The Morgan fingerprint density at radius 3 is 2.13 bits per heavy atom. The van der Waals surface area contributed by atoms with Gasteiger partial charge in [0.1, 0.15) is 0 Å². The molecule has 0 aliphatic heterocycles. The van der Waals surface area contributed by atoms with Gasteiger partial charge in [-0.15, -0.1) is 0 Å². The standard InChI is InChI=1S/C19H33NO3/c1-5-13-22-18-10-9-16(15-19(18)23-14-6-2)17(21)11-12-20(7-3)8-4/h9-10,15,17,21H,5-8,11-14H2,1-4H3. The van der Waals surface area contributed by atoms with Crippen molar-refractivity contribution >= 4 is 0 Å². The second-order valence-electron chi connectivity index (χ2n) is 5.73. The van der Waals surface area contributed by atoms with Gasteiger partial charge >= 0.3 is 0 Å². The molecular weight excluding hydrogens is 290 g/mol. The van der Waals surface area contributed by atoms with Crippen molar-refractivity contribution in [2.45, 2.75) is 53.1 Å². The fourth-order valence-corrected chi connectivity index (χ4v) is 2.40. The van der Waals surface area contributed by atoms with Gasteiger partial charge in [-0.2, -0.15) is 0 Å². The van der Waals surface area contributed by atoms with Gasteiger partial charge in [0.2, 0.25) is 0 Å². The number of nitrogens with zero attached hydrogens (tertiary/aromatic N) is 1. The van der Waals surface area contributed by atoms with Crippen LogP contribution in [0, 0.1) is 0 Å². The van der Waals surface area contributed by atoms with Crippen LogP contribution in [0.1, 0.15) is 58.6 Å². The van der Waals surface area contributed by atoms with Crippen LogP contribution < -0.4 is 9.47 Å². The number of hydrogen-bond acceptors (Lipinski definition) is 4. The van der Waals surface area contributed by atoms with Crippen LogP contribution in [0.3, 0.4) is 0 Å². The Bertz CT molecular complexity index is 433. The summed E-state index contributed by atoms with van der Waals surface area (Å²) in [5, 5.41) is 10.5. The molecule has 0 radical (unpaired) electrons. The highest BCUT2D eigenvalue weighted by atomic mass is 16.5. The zero-order valence-electron chi connectivity index (χ0n) is 15.2. The molecule has 1 unspecified atom stereocenters. The number of aliphatic hydroxyl groups excluding tert-OH is 1. The highest BCUT2D eigenvalue weighted by Crippen LogP contribution is 2.32. The largest absolute Gasteiger partial charge is 0.490 e. The van der Waals surface area contributed by atoms with Gasteiger partial charge in [-0.3, -0.25) is 0 Å². The summed E-state index contributed by atoms with van der Waals surface area (Å²) in [6.07, 6.45) is 2.16. The molecule has 4 heteroatoms. The first-order valence-electron chi connectivity index (χ1n) is 8.96. The minimum absolute atomic E-state index is 0.472. The first kappa shape index (κ1) is 19.8. The van der Waals surface area contributed by atoms with Gasteiger partial charge in [0.15, 0.2) is 11.5 Å². The molecule has 0 spiro atoms. The van der Waals surface area contributed by atoms with Gasteiger partial charge in [-0.1, -0.05) is 33.8 Å². The van der Waals surface area contributed by atoms with Crippen molar-refractivity contribution in [3.05, 3.63) is 23.8 Å². The summed E-state index contributed by atoms with van der Waals surface area (Å²) in [6, 6.07) is 5.78. The molecule has 0 aromatic heterocycles. The maximum absolute atomic E-state index is 10.5. The highest BCUT2D eigenvalue weighted by Gasteiger charge is 2.13. The van der Waals surface area contributed by atoms with Gasteiger partial charge in [-0.25, -0.2) is 0 Å². The van der Waals surface area contributed by atoms with Crippen LogP contribution >= 0.6 is 0 Å². The van der Waals surface area contributed by atoms with Crippen molar-refractivity contribution in [3.8, 4) is 11.5 Å². The average Bonchev–Trinajstić information content (AvgIpc) is 2.59. The summed E-state index contributed by atoms with van der Waals surface area (Å²) in [5.74, 6) is 1.50. The van der Waals surface area contributed by atoms with E-state index in [1.54, 1.807) is 0 Å². The molecule has 1 aromatic rings. The van der Waals surface area contributed by atoms with Crippen molar-refractivity contribution in [3.63, 3.8) is 0 Å². The molecule has 0 saturated carbocycles. The topological polar surface area (TPSA) is 41.9 Å². The fourth-order valence-electron chi connectivity index (χ4n) is 2.40. The summed E-state index contributed by atoms with van der Waals surface area (Å²) in [4.78, 5) is 2.32. The van der Waals surface area contributed by atoms with Crippen molar-refractivity contribution in [1.82, 2.24) is 4.90 Å².